The summed E-state index contributed by atoms with van der Waals surface area (Å²) in [6, 6.07) is 8.40. The summed E-state index contributed by atoms with van der Waals surface area (Å²) in [6.07, 6.45) is 4.16. The lowest BCUT2D eigenvalue weighted by atomic mass is 10.1. The maximum Gasteiger partial charge on any atom is 0.229 e. The fourth-order valence-corrected chi connectivity index (χ4v) is 3.81. The van der Waals surface area contributed by atoms with Crippen molar-refractivity contribution in [3.8, 4) is 5.75 Å². The Bertz CT molecular complexity index is 994. The van der Waals surface area contributed by atoms with E-state index in [1.807, 2.05) is 24.4 Å². The molecule has 1 fully saturated rings. The van der Waals surface area contributed by atoms with Crippen molar-refractivity contribution in [1.29, 1.82) is 0 Å². The number of rotatable bonds is 7. The normalized spacial score (nSPS) is 17.8. The predicted molar refractivity (Wildman–Crippen MR) is 119 cm³/mol. The van der Waals surface area contributed by atoms with Crippen molar-refractivity contribution in [3.63, 3.8) is 0 Å². The summed E-state index contributed by atoms with van der Waals surface area (Å²) in [4.78, 5) is 9.59. The number of fused-ring (bicyclic) bond motifs is 1. The molecule has 0 bridgehead atoms. The van der Waals surface area contributed by atoms with E-state index in [9.17, 15) is 0 Å². The molecule has 2 aromatic heterocycles. The summed E-state index contributed by atoms with van der Waals surface area (Å²) in [5.74, 6) is 2.47. The van der Waals surface area contributed by atoms with E-state index in [0.717, 1.165) is 48.5 Å². The lowest BCUT2D eigenvalue weighted by Gasteiger charge is -2.24. The van der Waals surface area contributed by atoms with Gasteiger partial charge >= 0.3 is 0 Å². The van der Waals surface area contributed by atoms with E-state index in [1.165, 1.54) is 0 Å². The van der Waals surface area contributed by atoms with Crippen LogP contribution in [0.4, 0.5) is 11.9 Å². The fraction of sp³-hybridized carbons (Fsp3) is 0.500. The third kappa shape index (κ3) is 4.33. The zero-order valence-electron chi connectivity index (χ0n) is 18.1. The summed E-state index contributed by atoms with van der Waals surface area (Å²) in [6.45, 7) is 8.41. The molecular formula is C22H31N7O. The van der Waals surface area contributed by atoms with Gasteiger partial charge in [0.1, 0.15) is 5.75 Å². The van der Waals surface area contributed by atoms with Crippen LogP contribution in [0, 0.1) is 0 Å². The Hall–Kier alpha value is -2.87. The number of ether oxygens (including phenoxy) is 1. The van der Waals surface area contributed by atoms with E-state index in [4.69, 9.17) is 14.7 Å². The number of hydrogen-bond donors (Lipinski definition) is 3. The van der Waals surface area contributed by atoms with Crippen molar-refractivity contribution in [3.05, 3.63) is 41.6 Å². The summed E-state index contributed by atoms with van der Waals surface area (Å²) in [5.41, 5.74) is 3.06. The maximum atomic E-state index is 5.37. The molecule has 0 spiro atoms. The van der Waals surface area contributed by atoms with Gasteiger partial charge in [0.25, 0.3) is 0 Å². The molecule has 1 unspecified atom stereocenters. The Balaban J connectivity index is 1.67. The van der Waals surface area contributed by atoms with Gasteiger partial charge in [-0.3, -0.25) is 0 Å². The molecule has 0 aliphatic carbocycles. The molecule has 8 heteroatoms. The molecule has 160 valence electrons. The van der Waals surface area contributed by atoms with E-state index in [0.29, 0.717) is 23.9 Å². The van der Waals surface area contributed by atoms with Gasteiger partial charge in [0.15, 0.2) is 5.65 Å². The molecular weight excluding hydrogens is 378 g/mol. The van der Waals surface area contributed by atoms with E-state index >= 15 is 0 Å². The lowest BCUT2D eigenvalue weighted by molar-refractivity contribution is 0.414. The fourth-order valence-electron chi connectivity index (χ4n) is 3.81. The van der Waals surface area contributed by atoms with Crippen LogP contribution in [0.2, 0.25) is 0 Å². The molecule has 0 saturated carbocycles. The van der Waals surface area contributed by atoms with Crippen LogP contribution < -0.4 is 20.7 Å². The summed E-state index contributed by atoms with van der Waals surface area (Å²) in [5, 5.41) is 15.0. The molecule has 1 aliphatic rings. The minimum Gasteiger partial charge on any atom is -0.497 e. The molecule has 0 amide bonds. The van der Waals surface area contributed by atoms with Crippen LogP contribution in [0.25, 0.3) is 5.65 Å². The second-order valence-electron chi connectivity index (χ2n) is 8.19. The second kappa shape index (κ2) is 8.87. The topological polar surface area (TPSA) is 88.4 Å². The maximum absolute atomic E-state index is 5.37. The lowest BCUT2D eigenvalue weighted by Crippen LogP contribution is -2.39. The molecule has 8 nitrogen and oxygen atoms in total. The van der Waals surface area contributed by atoms with Crippen LogP contribution in [0.5, 0.6) is 5.75 Å². The summed E-state index contributed by atoms with van der Waals surface area (Å²) in [7, 11) is 1.68. The number of nitrogens with one attached hydrogen (secondary N) is 3. The largest absolute Gasteiger partial charge is 0.497 e. The number of methoxy groups -OCH3 is 1. The Morgan fingerprint density at radius 2 is 2.10 bits per heavy atom. The van der Waals surface area contributed by atoms with Crippen molar-refractivity contribution >= 4 is 17.5 Å². The highest BCUT2D eigenvalue weighted by atomic mass is 16.5. The molecule has 1 saturated heterocycles. The molecule has 0 radical (unpaired) electrons. The van der Waals surface area contributed by atoms with E-state index in [2.05, 4.69) is 47.9 Å². The highest BCUT2D eigenvalue weighted by molar-refractivity contribution is 5.56. The zero-order valence-corrected chi connectivity index (χ0v) is 18.1. The van der Waals surface area contributed by atoms with Gasteiger partial charge in [0.05, 0.1) is 19.3 Å². The highest BCUT2D eigenvalue weighted by Crippen LogP contribution is 2.26. The first kappa shape index (κ1) is 20.4. The minimum absolute atomic E-state index is 0.0223. The average Bonchev–Trinajstić information content (AvgIpc) is 3.19. The molecule has 1 aromatic carbocycles. The SMILES string of the molecule is COc1cccc([C@H](C)Nc2nc(NC3CCCNC3)nc3c(C(C)C)cnn23)c1. The van der Waals surface area contributed by atoms with Crippen molar-refractivity contribution < 1.29 is 4.74 Å². The third-order valence-corrected chi connectivity index (χ3v) is 5.59. The smallest absolute Gasteiger partial charge is 0.229 e. The van der Waals surface area contributed by atoms with Gasteiger partial charge in [-0.1, -0.05) is 26.0 Å². The Kier molecular flexibility index (Phi) is 6.03. The molecule has 1 aliphatic heterocycles. The van der Waals surface area contributed by atoms with Crippen LogP contribution in [-0.2, 0) is 0 Å². The molecule has 3 N–H and O–H groups in total. The first-order valence-electron chi connectivity index (χ1n) is 10.7. The first-order chi connectivity index (χ1) is 14.5. The number of benzene rings is 1. The number of hydrogen-bond acceptors (Lipinski definition) is 7. The summed E-state index contributed by atoms with van der Waals surface area (Å²) >= 11 is 0. The molecule has 3 aromatic rings. The molecule has 4 rings (SSSR count). The number of anilines is 2. The Labute approximate surface area is 177 Å². The van der Waals surface area contributed by atoms with E-state index in [1.54, 1.807) is 11.6 Å². The van der Waals surface area contributed by atoms with Gasteiger partial charge in [-0.2, -0.15) is 19.6 Å². The van der Waals surface area contributed by atoms with E-state index in [-0.39, 0.29) is 6.04 Å². The van der Waals surface area contributed by atoms with Gasteiger partial charge in [0.2, 0.25) is 11.9 Å². The first-order valence-corrected chi connectivity index (χ1v) is 10.7. The van der Waals surface area contributed by atoms with Crippen LogP contribution >= 0.6 is 0 Å². The second-order valence-corrected chi connectivity index (χ2v) is 8.19. The minimum atomic E-state index is 0.0223. The number of piperidine rings is 1. The Morgan fingerprint density at radius 1 is 1.23 bits per heavy atom. The summed E-state index contributed by atoms with van der Waals surface area (Å²) < 4.78 is 7.17. The average molecular weight is 410 g/mol. The Morgan fingerprint density at radius 3 is 2.83 bits per heavy atom. The standard InChI is InChI=1S/C22H31N7O/c1-14(2)19-13-24-29-20(19)27-21(26-17-8-6-10-23-12-17)28-22(29)25-15(3)16-7-5-9-18(11-16)30-4/h5,7,9,11,13-15,17,23H,6,8,10,12H2,1-4H3,(H2,25,26,27,28)/t15-,17?/m0/s1. The third-order valence-electron chi connectivity index (χ3n) is 5.59. The molecule has 3 heterocycles. The van der Waals surface area contributed by atoms with Crippen LogP contribution in [0.3, 0.4) is 0 Å². The van der Waals surface area contributed by atoms with Crippen LogP contribution in [0.1, 0.15) is 56.7 Å². The highest BCUT2D eigenvalue weighted by Gasteiger charge is 2.19. The van der Waals surface area contributed by atoms with Crippen LogP contribution in [-0.4, -0.2) is 45.8 Å². The quantitative estimate of drug-likeness (QED) is 0.549. The van der Waals surface area contributed by atoms with Gasteiger partial charge < -0.3 is 20.7 Å². The number of aromatic nitrogens is 4. The van der Waals surface area contributed by atoms with Gasteiger partial charge in [-0.25, -0.2) is 0 Å². The molecule has 2 atom stereocenters. The van der Waals surface area contributed by atoms with Crippen LogP contribution in [0.15, 0.2) is 30.5 Å². The van der Waals surface area contributed by atoms with Crippen molar-refractivity contribution in [2.75, 3.05) is 30.8 Å². The van der Waals surface area contributed by atoms with Crippen molar-refractivity contribution in [2.45, 2.75) is 51.6 Å². The monoisotopic (exact) mass is 409 g/mol. The van der Waals surface area contributed by atoms with Gasteiger partial charge in [0, 0.05) is 18.2 Å². The number of nitrogens with zero attached hydrogens (tertiary/aromatic N) is 4. The zero-order chi connectivity index (χ0) is 21.1. The predicted octanol–water partition coefficient (Wildman–Crippen LogP) is 3.59. The molecule has 30 heavy (non-hydrogen) atoms. The van der Waals surface area contributed by atoms with Crippen molar-refractivity contribution in [2.24, 2.45) is 0 Å². The van der Waals surface area contributed by atoms with Crippen molar-refractivity contribution in [1.82, 2.24) is 24.9 Å². The van der Waals surface area contributed by atoms with Gasteiger partial charge in [-0.15, -0.1) is 0 Å². The van der Waals surface area contributed by atoms with E-state index < -0.39 is 0 Å². The van der Waals surface area contributed by atoms with Gasteiger partial charge in [-0.05, 0) is 49.9 Å².